The molecular formula is C15H26NO5+. The number of aliphatic hydroxyl groups excluding tert-OH is 1. The van der Waals surface area contributed by atoms with Crippen molar-refractivity contribution in [2.45, 2.75) is 0 Å². The second kappa shape index (κ2) is 10.3. The SMILES string of the molecule is COc1cccc(OC)c1OCCOCC[NH+](C)CCO. The summed E-state index contributed by atoms with van der Waals surface area (Å²) in [5.74, 6) is 1.87. The number of rotatable bonds is 11. The molecule has 1 aromatic rings. The Hall–Kier alpha value is -1.50. The van der Waals surface area contributed by atoms with Gasteiger partial charge in [-0.05, 0) is 12.1 Å². The maximum absolute atomic E-state index is 8.80. The van der Waals surface area contributed by atoms with E-state index in [1.807, 2.05) is 25.2 Å². The average Bonchev–Trinajstić information content (AvgIpc) is 2.50. The Morgan fingerprint density at radius 2 is 1.67 bits per heavy atom. The summed E-state index contributed by atoms with van der Waals surface area (Å²) in [7, 11) is 5.21. The molecule has 0 amide bonds. The van der Waals surface area contributed by atoms with Gasteiger partial charge >= 0.3 is 0 Å². The van der Waals surface area contributed by atoms with E-state index < -0.39 is 0 Å². The summed E-state index contributed by atoms with van der Waals surface area (Å²) in [6, 6.07) is 5.50. The smallest absolute Gasteiger partial charge is 0.203 e. The first-order valence-electron chi connectivity index (χ1n) is 7.06. The molecule has 1 unspecified atom stereocenters. The molecule has 6 heteroatoms. The Balaban J connectivity index is 2.29. The second-order valence-corrected chi connectivity index (χ2v) is 4.63. The molecule has 0 aliphatic heterocycles. The van der Waals surface area contributed by atoms with Crippen molar-refractivity contribution in [2.75, 3.05) is 60.8 Å². The normalized spacial score (nSPS) is 12.0. The maximum atomic E-state index is 8.80. The van der Waals surface area contributed by atoms with Gasteiger partial charge in [0, 0.05) is 0 Å². The van der Waals surface area contributed by atoms with Crippen LogP contribution in [0, 0.1) is 0 Å². The summed E-state index contributed by atoms with van der Waals surface area (Å²) < 4.78 is 21.7. The Morgan fingerprint density at radius 1 is 1.00 bits per heavy atom. The van der Waals surface area contributed by atoms with E-state index in [1.165, 1.54) is 4.90 Å². The van der Waals surface area contributed by atoms with E-state index in [1.54, 1.807) is 14.2 Å². The highest BCUT2D eigenvalue weighted by atomic mass is 16.6. The molecule has 21 heavy (non-hydrogen) atoms. The standard InChI is InChI=1S/C15H25NO5/c1-16(7-9-17)8-10-20-11-12-21-15-13(18-2)5-4-6-14(15)19-3/h4-6,17H,7-12H2,1-3H3/p+1. The van der Waals surface area contributed by atoms with Crippen molar-refractivity contribution in [3.63, 3.8) is 0 Å². The Kier molecular flexibility index (Phi) is 8.57. The molecule has 0 heterocycles. The van der Waals surface area contributed by atoms with Crippen LogP contribution in [0.15, 0.2) is 18.2 Å². The van der Waals surface area contributed by atoms with Crippen molar-refractivity contribution < 1.29 is 29.0 Å². The molecule has 2 N–H and O–H groups in total. The zero-order valence-electron chi connectivity index (χ0n) is 13.1. The Labute approximate surface area is 126 Å². The number of likely N-dealkylation sites (N-methyl/N-ethyl adjacent to an activating group) is 1. The van der Waals surface area contributed by atoms with Crippen LogP contribution in [0.25, 0.3) is 0 Å². The van der Waals surface area contributed by atoms with E-state index in [0.717, 1.165) is 13.1 Å². The highest BCUT2D eigenvalue weighted by Gasteiger charge is 2.10. The van der Waals surface area contributed by atoms with Gasteiger partial charge in [0.25, 0.3) is 0 Å². The zero-order chi connectivity index (χ0) is 15.5. The van der Waals surface area contributed by atoms with Crippen LogP contribution in [0.4, 0.5) is 0 Å². The molecule has 6 nitrogen and oxygen atoms in total. The van der Waals surface area contributed by atoms with Crippen molar-refractivity contribution in [2.24, 2.45) is 0 Å². The number of quaternary nitrogens is 1. The average molecular weight is 300 g/mol. The number of aliphatic hydroxyl groups is 1. The van der Waals surface area contributed by atoms with Crippen LogP contribution in [0.2, 0.25) is 0 Å². The van der Waals surface area contributed by atoms with Crippen molar-refractivity contribution in [1.82, 2.24) is 0 Å². The molecular weight excluding hydrogens is 274 g/mol. The third-order valence-electron chi connectivity index (χ3n) is 3.07. The lowest BCUT2D eigenvalue weighted by Gasteiger charge is -2.15. The van der Waals surface area contributed by atoms with Crippen molar-refractivity contribution >= 4 is 0 Å². The van der Waals surface area contributed by atoms with Gasteiger partial charge in [0.1, 0.15) is 19.7 Å². The second-order valence-electron chi connectivity index (χ2n) is 4.63. The first kappa shape index (κ1) is 17.6. The van der Waals surface area contributed by atoms with Crippen molar-refractivity contribution in [3.8, 4) is 17.2 Å². The van der Waals surface area contributed by atoms with E-state index in [4.69, 9.17) is 24.1 Å². The maximum Gasteiger partial charge on any atom is 0.203 e. The van der Waals surface area contributed by atoms with E-state index in [9.17, 15) is 0 Å². The predicted molar refractivity (Wildman–Crippen MR) is 79.6 cm³/mol. The number of hydrogen-bond acceptors (Lipinski definition) is 5. The number of para-hydroxylation sites is 1. The van der Waals surface area contributed by atoms with Crippen LogP contribution in [-0.4, -0.2) is 65.9 Å². The monoisotopic (exact) mass is 300 g/mol. The van der Waals surface area contributed by atoms with Crippen LogP contribution in [0.1, 0.15) is 0 Å². The van der Waals surface area contributed by atoms with Crippen LogP contribution in [0.5, 0.6) is 17.2 Å². The molecule has 0 bridgehead atoms. The Morgan fingerprint density at radius 3 is 2.24 bits per heavy atom. The summed E-state index contributed by atoms with van der Waals surface area (Å²) >= 11 is 0. The fraction of sp³-hybridized carbons (Fsp3) is 0.600. The minimum atomic E-state index is 0.197. The highest BCUT2D eigenvalue weighted by Crippen LogP contribution is 2.36. The fourth-order valence-electron chi connectivity index (χ4n) is 1.83. The summed E-state index contributed by atoms with van der Waals surface area (Å²) in [4.78, 5) is 1.24. The summed E-state index contributed by atoms with van der Waals surface area (Å²) in [5, 5.41) is 8.80. The molecule has 0 saturated heterocycles. The van der Waals surface area contributed by atoms with Gasteiger partial charge in [0.15, 0.2) is 11.5 Å². The van der Waals surface area contributed by atoms with Crippen molar-refractivity contribution in [3.05, 3.63) is 18.2 Å². The van der Waals surface area contributed by atoms with Gasteiger partial charge in [-0.15, -0.1) is 0 Å². The summed E-state index contributed by atoms with van der Waals surface area (Å²) in [5.41, 5.74) is 0. The lowest BCUT2D eigenvalue weighted by molar-refractivity contribution is -0.880. The Bertz CT molecular complexity index is 377. The van der Waals surface area contributed by atoms with Crippen LogP contribution < -0.4 is 19.1 Å². The van der Waals surface area contributed by atoms with Gasteiger partial charge in [-0.1, -0.05) is 6.07 Å². The molecule has 1 atom stereocenters. The minimum Gasteiger partial charge on any atom is -0.493 e. The van der Waals surface area contributed by atoms with Crippen LogP contribution >= 0.6 is 0 Å². The third kappa shape index (κ3) is 6.20. The molecule has 0 aliphatic rings. The van der Waals surface area contributed by atoms with Crippen LogP contribution in [0.3, 0.4) is 0 Å². The van der Waals surface area contributed by atoms with E-state index >= 15 is 0 Å². The first-order valence-corrected chi connectivity index (χ1v) is 7.06. The third-order valence-corrected chi connectivity index (χ3v) is 3.07. The van der Waals surface area contributed by atoms with Gasteiger partial charge in [-0.3, -0.25) is 0 Å². The highest BCUT2D eigenvalue weighted by molar-refractivity contribution is 5.51. The van der Waals surface area contributed by atoms with Gasteiger partial charge < -0.3 is 29.0 Å². The number of hydrogen-bond donors (Lipinski definition) is 2. The molecule has 1 rings (SSSR count). The molecule has 0 saturated carbocycles. The molecule has 0 fully saturated rings. The molecule has 0 aliphatic carbocycles. The summed E-state index contributed by atoms with van der Waals surface area (Å²) in [6.45, 7) is 3.35. The molecule has 1 aromatic carbocycles. The molecule has 0 aromatic heterocycles. The number of ether oxygens (including phenoxy) is 4. The zero-order valence-corrected chi connectivity index (χ0v) is 13.1. The van der Waals surface area contributed by atoms with Gasteiger partial charge in [0.2, 0.25) is 5.75 Å². The quantitative estimate of drug-likeness (QED) is 0.545. The lowest BCUT2D eigenvalue weighted by atomic mass is 10.3. The molecule has 120 valence electrons. The number of methoxy groups -OCH3 is 2. The minimum absolute atomic E-state index is 0.197. The number of nitrogens with one attached hydrogen (secondary N) is 1. The topological polar surface area (TPSA) is 61.6 Å². The lowest BCUT2D eigenvalue weighted by Crippen LogP contribution is -3.10. The molecule has 0 radical (unpaired) electrons. The fourth-order valence-corrected chi connectivity index (χ4v) is 1.83. The van der Waals surface area contributed by atoms with E-state index in [-0.39, 0.29) is 6.61 Å². The van der Waals surface area contributed by atoms with Gasteiger partial charge in [-0.25, -0.2) is 0 Å². The van der Waals surface area contributed by atoms with E-state index in [0.29, 0.717) is 37.1 Å². The van der Waals surface area contributed by atoms with E-state index in [2.05, 4.69) is 0 Å². The first-order chi connectivity index (χ1) is 10.2. The van der Waals surface area contributed by atoms with Crippen molar-refractivity contribution in [1.29, 1.82) is 0 Å². The molecule has 0 spiro atoms. The largest absolute Gasteiger partial charge is 0.493 e. The van der Waals surface area contributed by atoms with Gasteiger partial charge in [-0.2, -0.15) is 0 Å². The van der Waals surface area contributed by atoms with Gasteiger partial charge in [0.05, 0.1) is 41.1 Å². The predicted octanol–water partition coefficient (Wildman–Crippen LogP) is -0.394. The number of benzene rings is 1. The van der Waals surface area contributed by atoms with Crippen LogP contribution in [-0.2, 0) is 4.74 Å². The summed E-state index contributed by atoms with van der Waals surface area (Å²) in [6.07, 6.45) is 0.